The molecule has 6 heteroatoms. The fourth-order valence-electron chi connectivity index (χ4n) is 3.55. The monoisotopic (exact) mass is 483 g/mol. The second-order valence-electron chi connectivity index (χ2n) is 7.42. The molecule has 0 aliphatic carbocycles. The summed E-state index contributed by atoms with van der Waals surface area (Å²) >= 11 is 5.12. The number of carbonyl (C=O) groups is 1. The van der Waals surface area contributed by atoms with E-state index in [1.54, 1.807) is 18.0 Å². The third-order valence-corrected chi connectivity index (χ3v) is 6.21. The summed E-state index contributed by atoms with van der Waals surface area (Å²) in [7, 11) is 0. The third-order valence-electron chi connectivity index (χ3n) is 4.71. The van der Waals surface area contributed by atoms with Gasteiger partial charge in [0.2, 0.25) is 5.91 Å². The van der Waals surface area contributed by atoms with Crippen LogP contribution in [0.5, 0.6) is 0 Å². The van der Waals surface area contributed by atoms with E-state index in [4.69, 9.17) is 0 Å². The van der Waals surface area contributed by atoms with E-state index in [1.165, 1.54) is 16.7 Å². The van der Waals surface area contributed by atoms with Crippen molar-refractivity contribution in [2.24, 2.45) is 5.10 Å². The Kier molecular flexibility index (Phi) is 7.56. The minimum absolute atomic E-state index is 0.0959. The second-order valence-corrected chi connectivity index (χ2v) is 9.32. The van der Waals surface area contributed by atoms with Crippen molar-refractivity contribution in [2.75, 3.05) is 5.75 Å². The molecule has 1 aromatic heterocycles. The van der Waals surface area contributed by atoms with Crippen molar-refractivity contribution < 1.29 is 4.79 Å². The van der Waals surface area contributed by atoms with Crippen molar-refractivity contribution in [3.8, 4) is 5.69 Å². The van der Waals surface area contributed by atoms with Gasteiger partial charge in [0.25, 0.3) is 0 Å². The van der Waals surface area contributed by atoms with Gasteiger partial charge in [-0.3, -0.25) is 4.79 Å². The number of halogens is 1. The molecule has 0 fully saturated rings. The number of aromatic nitrogens is 1. The van der Waals surface area contributed by atoms with E-state index in [1.807, 2.05) is 12.1 Å². The molecule has 3 rings (SSSR count). The highest BCUT2D eigenvalue weighted by molar-refractivity contribution is 9.10. The predicted molar refractivity (Wildman–Crippen MR) is 131 cm³/mol. The predicted octanol–water partition coefficient (Wildman–Crippen LogP) is 5.86. The van der Waals surface area contributed by atoms with Crippen LogP contribution in [0.3, 0.4) is 0 Å². The van der Waals surface area contributed by atoms with E-state index in [0.29, 0.717) is 5.75 Å². The summed E-state index contributed by atoms with van der Waals surface area (Å²) in [5, 5.41) is 4.16. The van der Waals surface area contributed by atoms with Crippen LogP contribution in [0.1, 0.15) is 33.6 Å². The van der Waals surface area contributed by atoms with Crippen molar-refractivity contribution in [1.82, 2.24) is 9.99 Å². The summed E-state index contributed by atoms with van der Waals surface area (Å²) in [6.07, 6.45) is 1.71. The molecule has 0 bridgehead atoms. The molecule has 0 unspecified atom stereocenters. The Hall–Kier alpha value is -2.31. The molecule has 0 atom stereocenters. The normalized spacial score (nSPS) is 11.2. The van der Waals surface area contributed by atoms with Crippen LogP contribution in [0.15, 0.2) is 58.1 Å². The Balaban J connectivity index is 1.56. The quantitative estimate of drug-likeness (QED) is 0.338. The topological polar surface area (TPSA) is 46.4 Å². The van der Waals surface area contributed by atoms with Gasteiger partial charge < -0.3 is 4.57 Å². The zero-order valence-corrected chi connectivity index (χ0v) is 20.1. The minimum Gasteiger partial charge on any atom is -0.318 e. The molecule has 1 amide bonds. The zero-order chi connectivity index (χ0) is 21.7. The number of hydrogen-bond acceptors (Lipinski definition) is 3. The molecule has 2 aromatic carbocycles. The van der Waals surface area contributed by atoms with Crippen LogP contribution in [0, 0.1) is 27.7 Å². The summed E-state index contributed by atoms with van der Waals surface area (Å²) in [5.74, 6) is 1.09. The Morgan fingerprint density at radius 1 is 1.10 bits per heavy atom. The molecule has 0 radical (unpaired) electrons. The summed E-state index contributed by atoms with van der Waals surface area (Å²) in [5.41, 5.74) is 10.6. The largest absolute Gasteiger partial charge is 0.318 e. The smallest absolute Gasteiger partial charge is 0.250 e. The molecule has 4 nitrogen and oxygen atoms in total. The number of carbonyl (C=O) groups excluding carboxylic acids is 1. The van der Waals surface area contributed by atoms with E-state index in [-0.39, 0.29) is 5.91 Å². The maximum Gasteiger partial charge on any atom is 0.250 e. The van der Waals surface area contributed by atoms with Gasteiger partial charge in [-0.25, -0.2) is 5.43 Å². The number of hydrazone groups is 1. The lowest BCUT2D eigenvalue weighted by molar-refractivity contribution is -0.118. The van der Waals surface area contributed by atoms with Crippen LogP contribution in [0.25, 0.3) is 5.69 Å². The molecule has 156 valence electrons. The first-order valence-electron chi connectivity index (χ1n) is 9.75. The Bertz CT molecular complexity index is 1070. The van der Waals surface area contributed by atoms with Crippen LogP contribution >= 0.6 is 27.7 Å². The number of amides is 1. The number of benzene rings is 2. The van der Waals surface area contributed by atoms with Crippen LogP contribution in [0.4, 0.5) is 0 Å². The lowest BCUT2D eigenvalue weighted by atomic mass is 10.1. The van der Waals surface area contributed by atoms with E-state index in [0.717, 1.165) is 32.9 Å². The average molecular weight is 484 g/mol. The van der Waals surface area contributed by atoms with Gasteiger partial charge in [0, 0.05) is 32.9 Å². The summed E-state index contributed by atoms with van der Waals surface area (Å²) in [6, 6.07) is 16.7. The van der Waals surface area contributed by atoms with E-state index in [9.17, 15) is 4.79 Å². The molecule has 30 heavy (non-hydrogen) atoms. The Labute approximate surface area is 190 Å². The molecular weight excluding hydrogens is 458 g/mol. The lowest BCUT2D eigenvalue weighted by Crippen LogP contribution is -2.19. The molecule has 3 aromatic rings. The fourth-order valence-corrected chi connectivity index (χ4v) is 4.69. The van der Waals surface area contributed by atoms with E-state index < -0.39 is 0 Å². The molecule has 0 spiro atoms. The van der Waals surface area contributed by atoms with Gasteiger partial charge in [-0.1, -0.05) is 51.3 Å². The van der Waals surface area contributed by atoms with Crippen LogP contribution in [-0.2, 0) is 10.5 Å². The lowest BCUT2D eigenvalue weighted by Gasteiger charge is -2.09. The van der Waals surface area contributed by atoms with Crippen molar-refractivity contribution in [1.29, 1.82) is 0 Å². The molecule has 1 N–H and O–H groups in total. The van der Waals surface area contributed by atoms with Crippen LogP contribution in [-0.4, -0.2) is 22.4 Å². The molecule has 0 saturated heterocycles. The number of thioether (sulfide) groups is 1. The van der Waals surface area contributed by atoms with Crippen molar-refractivity contribution in [3.63, 3.8) is 0 Å². The first-order valence-corrected chi connectivity index (χ1v) is 11.7. The van der Waals surface area contributed by atoms with Gasteiger partial charge in [0.15, 0.2) is 0 Å². The van der Waals surface area contributed by atoms with E-state index in [2.05, 4.69) is 95.1 Å². The Morgan fingerprint density at radius 2 is 1.83 bits per heavy atom. The number of aryl methyl sites for hydroxylation is 3. The minimum atomic E-state index is -0.0959. The maximum atomic E-state index is 12.1. The SMILES string of the molecule is Cc1cc(C)cc(CSCC(=O)NN=Cc2cc(C)n(-c3cccc(Br)c3)c2C)c1. The van der Waals surface area contributed by atoms with Crippen molar-refractivity contribution >= 4 is 39.8 Å². The van der Waals surface area contributed by atoms with Gasteiger partial charge in [-0.05, 0) is 57.5 Å². The first kappa shape index (κ1) is 22.4. The molecule has 1 heterocycles. The second kappa shape index (κ2) is 10.1. The van der Waals surface area contributed by atoms with Gasteiger partial charge in [0.1, 0.15) is 0 Å². The van der Waals surface area contributed by atoms with Crippen molar-refractivity contribution in [3.05, 3.63) is 86.6 Å². The Morgan fingerprint density at radius 3 is 2.53 bits per heavy atom. The van der Waals surface area contributed by atoms with Crippen LogP contribution < -0.4 is 5.43 Å². The number of hydrogen-bond donors (Lipinski definition) is 1. The average Bonchev–Trinajstić information content (AvgIpc) is 2.94. The number of nitrogens with zero attached hydrogens (tertiary/aromatic N) is 2. The van der Waals surface area contributed by atoms with Crippen LogP contribution in [0.2, 0.25) is 0 Å². The van der Waals surface area contributed by atoms with Gasteiger partial charge in [-0.2, -0.15) is 5.10 Å². The highest BCUT2D eigenvalue weighted by atomic mass is 79.9. The van der Waals surface area contributed by atoms with Gasteiger partial charge >= 0.3 is 0 Å². The fraction of sp³-hybridized carbons (Fsp3) is 0.250. The highest BCUT2D eigenvalue weighted by Crippen LogP contribution is 2.22. The number of rotatable bonds is 7. The molecule has 0 aliphatic heterocycles. The highest BCUT2D eigenvalue weighted by Gasteiger charge is 2.10. The van der Waals surface area contributed by atoms with Gasteiger partial charge in [-0.15, -0.1) is 11.8 Å². The zero-order valence-electron chi connectivity index (χ0n) is 17.7. The molecular formula is C24H26BrN3OS. The first-order chi connectivity index (χ1) is 14.3. The summed E-state index contributed by atoms with van der Waals surface area (Å²) in [6.45, 7) is 8.30. The third kappa shape index (κ3) is 5.86. The van der Waals surface area contributed by atoms with E-state index >= 15 is 0 Å². The van der Waals surface area contributed by atoms with Crippen molar-refractivity contribution in [2.45, 2.75) is 33.4 Å². The standard InChI is InChI=1S/C24H26BrN3OS/c1-16-8-17(2)10-20(9-16)14-30-15-24(29)27-26-13-21-11-18(3)28(19(21)4)23-7-5-6-22(25)12-23/h5-13H,14-15H2,1-4H3,(H,27,29). The van der Waals surface area contributed by atoms with Gasteiger partial charge in [0.05, 0.1) is 12.0 Å². The number of nitrogens with one attached hydrogen (secondary N) is 1. The molecule has 0 aliphatic rings. The summed E-state index contributed by atoms with van der Waals surface area (Å²) < 4.78 is 3.21. The molecule has 0 saturated carbocycles. The summed E-state index contributed by atoms with van der Waals surface area (Å²) in [4.78, 5) is 12.1. The maximum absolute atomic E-state index is 12.1.